The number of pyridine rings is 2. The van der Waals surface area contributed by atoms with Crippen LogP contribution in [0, 0.1) is 0 Å². The summed E-state index contributed by atoms with van der Waals surface area (Å²) in [6.45, 7) is 0. The Labute approximate surface area is 103 Å². The summed E-state index contributed by atoms with van der Waals surface area (Å²) in [4.78, 5) is 8.25. The van der Waals surface area contributed by atoms with Crippen molar-refractivity contribution in [2.75, 3.05) is 12.8 Å². The van der Waals surface area contributed by atoms with Gasteiger partial charge in [-0.25, -0.2) is 4.52 Å². The van der Waals surface area contributed by atoms with Crippen LogP contribution in [0.5, 0.6) is 5.75 Å². The van der Waals surface area contributed by atoms with Crippen molar-refractivity contribution in [3.8, 4) is 17.0 Å². The fraction of sp³-hybridized carbons (Fsp3) is 0.0833. The zero-order chi connectivity index (χ0) is 12.5. The Hall–Kier alpha value is -2.63. The van der Waals surface area contributed by atoms with E-state index in [1.807, 2.05) is 24.3 Å². The Morgan fingerprint density at radius 2 is 2.17 bits per heavy atom. The molecule has 0 aliphatic rings. The third-order valence-electron chi connectivity index (χ3n) is 2.64. The van der Waals surface area contributed by atoms with Gasteiger partial charge in [-0.1, -0.05) is 0 Å². The number of nitrogens with two attached hydrogens (primary N) is 1. The molecule has 3 rings (SSSR count). The van der Waals surface area contributed by atoms with Gasteiger partial charge < -0.3 is 10.5 Å². The molecule has 6 heteroatoms. The Balaban J connectivity index is 2.31. The minimum absolute atomic E-state index is 0.213. The molecule has 2 N–H and O–H groups in total. The second-order valence-electron chi connectivity index (χ2n) is 3.73. The van der Waals surface area contributed by atoms with Crippen molar-refractivity contribution in [3.05, 3.63) is 36.7 Å². The van der Waals surface area contributed by atoms with Crippen molar-refractivity contribution < 1.29 is 4.74 Å². The number of ether oxygens (including phenoxy) is 1. The first-order chi connectivity index (χ1) is 8.79. The molecule has 0 unspecified atom stereocenters. The van der Waals surface area contributed by atoms with Crippen molar-refractivity contribution >= 4 is 11.6 Å². The van der Waals surface area contributed by atoms with Crippen molar-refractivity contribution in [2.45, 2.75) is 0 Å². The molecule has 0 saturated carbocycles. The van der Waals surface area contributed by atoms with Crippen LogP contribution in [0.25, 0.3) is 16.9 Å². The standard InChI is InChI=1S/C12H11N5O/c1-18-10-5-4-9(8-3-2-6-14-7-8)17-11(10)15-12(13)16-17/h2-7H,1H3,(H2,13,16). The highest BCUT2D eigenvalue weighted by atomic mass is 16.5. The highest BCUT2D eigenvalue weighted by Gasteiger charge is 2.12. The van der Waals surface area contributed by atoms with E-state index in [-0.39, 0.29) is 5.95 Å². The van der Waals surface area contributed by atoms with Crippen LogP contribution in [0.2, 0.25) is 0 Å². The van der Waals surface area contributed by atoms with Crippen LogP contribution in [0.3, 0.4) is 0 Å². The number of nitrogen functional groups attached to an aromatic ring is 1. The van der Waals surface area contributed by atoms with E-state index < -0.39 is 0 Å². The van der Waals surface area contributed by atoms with E-state index in [0.29, 0.717) is 11.4 Å². The van der Waals surface area contributed by atoms with Crippen LogP contribution in [-0.2, 0) is 0 Å². The molecule has 90 valence electrons. The maximum atomic E-state index is 5.65. The molecular weight excluding hydrogens is 230 g/mol. The van der Waals surface area contributed by atoms with Crippen LogP contribution in [0.15, 0.2) is 36.7 Å². The molecule has 0 aliphatic carbocycles. The van der Waals surface area contributed by atoms with Crippen molar-refractivity contribution in [1.82, 2.24) is 19.6 Å². The molecule has 0 amide bonds. The number of hydrogen-bond donors (Lipinski definition) is 1. The van der Waals surface area contributed by atoms with E-state index in [0.717, 1.165) is 11.3 Å². The van der Waals surface area contributed by atoms with Crippen molar-refractivity contribution in [2.24, 2.45) is 0 Å². The van der Waals surface area contributed by atoms with Gasteiger partial charge in [0, 0.05) is 18.0 Å². The Bertz CT molecular complexity index is 692. The smallest absolute Gasteiger partial charge is 0.240 e. The summed E-state index contributed by atoms with van der Waals surface area (Å²) in [7, 11) is 1.59. The van der Waals surface area contributed by atoms with Gasteiger partial charge >= 0.3 is 0 Å². The molecule has 0 aliphatic heterocycles. The van der Waals surface area contributed by atoms with Crippen LogP contribution in [0.1, 0.15) is 0 Å². The lowest BCUT2D eigenvalue weighted by Crippen LogP contribution is -1.97. The fourth-order valence-corrected chi connectivity index (χ4v) is 1.85. The molecule has 0 radical (unpaired) electrons. The van der Waals surface area contributed by atoms with E-state index in [1.165, 1.54) is 0 Å². The zero-order valence-electron chi connectivity index (χ0n) is 9.74. The average Bonchev–Trinajstić information content (AvgIpc) is 2.80. The van der Waals surface area contributed by atoms with Gasteiger partial charge in [-0.2, -0.15) is 4.98 Å². The van der Waals surface area contributed by atoms with Crippen LogP contribution < -0.4 is 10.5 Å². The van der Waals surface area contributed by atoms with E-state index in [4.69, 9.17) is 10.5 Å². The zero-order valence-corrected chi connectivity index (χ0v) is 9.74. The third kappa shape index (κ3) is 1.55. The second-order valence-corrected chi connectivity index (χ2v) is 3.73. The number of fused-ring (bicyclic) bond motifs is 1. The highest BCUT2D eigenvalue weighted by Crippen LogP contribution is 2.25. The third-order valence-corrected chi connectivity index (χ3v) is 2.64. The van der Waals surface area contributed by atoms with E-state index >= 15 is 0 Å². The molecule has 6 nitrogen and oxygen atoms in total. The molecule has 0 saturated heterocycles. The first-order valence-electron chi connectivity index (χ1n) is 5.39. The predicted octanol–water partition coefficient (Wildman–Crippen LogP) is 1.38. The van der Waals surface area contributed by atoms with E-state index in [1.54, 1.807) is 24.0 Å². The van der Waals surface area contributed by atoms with Gasteiger partial charge in [0.15, 0.2) is 11.4 Å². The van der Waals surface area contributed by atoms with E-state index in [9.17, 15) is 0 Å². The first-order valence-corrected chi connectivity index (χ1v) is 5.39. The maximum Gasteiger partial charge on any atom is 0.240 e. The summed E-state index contributed by atoms with van der Waals surface area (Å²) in [5.41, 5.74) is 8.04. The molecule has 0 spiro atoms. The summed E-state index contributed by atoms with van der Waals surface area (Å²) in [5.74, 6) is 0.844. The van der Waals surface area contributed by atoms with E-state index in [2.05, 4.69) is 15.1 Å². The Kier molecular flexibility index (Phi) is 2.33. The lowest BCUT2D eigenvalue weighted by Gasteiger charge is -2.06. The predicted molar refractivity (Wildman–Crippen MR) is 67.2 cm³/mol. The van der Waals surface area contributed by atoms with Crippen LogP contribution in [0.4, 0.5) is 5.95 Å². The SMILES string of the molecule is COc1ccc(-c2cccnc2)n2nc(N)nc12. The minimum Gasteiger partial charge on any atom is -0.493 e. The summed E-state index contributed by atoms with van der Waals surface area (Å²) >= 11 is 0. The Morgan fingerprint density at radius 1 is 1.28 bits per heavy atom. The van der Waals surface area contributed by atoms with Gasteiger partial charge in [-0.05, 0) is 24.3 Å². The summed E-state index contributed by atoms with van der Waals surface area (Å²) in [6, 6.07) is 7.56. The number of nitrogens with zero attached hydrogens (tertiary/aromatic N) is 4. The van der Waals surface area contributed by atoms with Crippen molar-refractivity contribution in [1.29, 1.82) is 0 Å². The quantitative estimate of drug-likeness (QED) is 0.733. The van der Waals surface area contributed by atoms with Gasteiger partial charge in [0.2, 0.25) is 5.95 Å². The first kappa shape index (κ1) is 10.5. The second kappa shape index (κ2) is 3.99. The molecule has 0 bridgehead atoms. The van der Waals surface area contributed by atoms with Gasteiger partial charge in [-0.3, -0.25) is 4.98 Å². The number of anilines is 1. The Morgan fingerprint density at radius 3 is 2.89 bits per heavy atom. The van der Waals surface area contributed by atoms with Crippen molar-refractivity contribution in [3.63, 3.8) is 0 Å². The van der Waals surface area contributed by atoms with Gasteiger partial charge in [0.25, 0.3) is 0 Å². The molecule has 18 heavy (non-hydrogen) atoms. The minimum atomic E-state index is 0.213. The highest BCUT2D eigenvalue weighted by molar-refractivity contribution is 5.67. The average molecular weight is 241 g/mol. The van der Waals surface area contributed by atoms with Gasteiger partial charge in [-0.15, -0.1) is 5.10 Å². The number of rotatable bonds is 2. The normalized spacial score (nSPS) is 10.7. The molecule has 0 fully saturated rings. The monoisotopic (exact) mass is 241 g/mol. The van der Waals surface area contributed by atoms with Crippen LogP contribution >= 0.6 is 0 Å². The number of hydrogen-bond acceptors (Lipinski definition) is 5. The van der Waals surface area contributed by atoms with Crippen LogP contribution in [-0.4, -0.2) is 26.7 Å². The molecule has 0 aromatic carbocycles. The summed E-state index contributed by atoms with van der Waals surface area (Å²) in [5, 5.41) is 4.17. The largest absolute Gasteiger partial charge is 0.493 e. The summed E-state index contributed by atoms with van der Waals surface area (Å²) in [6.07, 6.45) is 3.49. The number of methoxy groups -OCH3 is 1. The summed E-state index contributed by atoms with van der Waals surface area (Å²) < 4.78 is 6.90. The number of aromatic nitrogens is 4. The lowest BCUT2D eigenvalue weighted by molar-refractivity contribution is 0.416. The molecule has 3 aromatic rings. The molecule has 3 aromatic heterocycles. The molecule has 0 atom stereocenters. The van der Waals surface area contributed by atoms with Gasteiger partial charge in [0.05, 0.1) is 12.8 Å². The molecular formula is C12H11N5O. The fourth-order valence-electron chi connectivity index (χ4n) is 1.85. The maximum absolute atomic E-state index is 5.65. The lowest BCUT2D eigenvalue weighted by atomic mass is 10.2. The topological polar surface area (TPSA) is 78.3 Å². The molecule has 3 heterocycles. The van der Waals surface area contributed by atoms with Gasteiger partial charge in [0.1, 0.15) is 0 Å².